The van der Waals surface area contributed by atoms with Gasteiger partial charge in [0.05, 0.1) is 0 Å². The van der Waals surface area contributed by atoms with Gasteiger partial charge in [0.2, 0.25) is 0 Å². The summed E-state index contributed by atoms with van der Waals surface area (Å²) in [5, 5.41) is 3.40. The molecular weight excluding hydrogens is 352 g/mol. The molecule has 2 heterocycles. The van der Waals surface area contributed by atoms with E-state index in [4.69, 9.17) is 4.74 Å². The average Bonchev–Trinajstić information content (AvgIpc) is 2.95. The molecule has 6 nitrogen and oxygen atoms in total. The Kier molecular flexibility index (Phi) is 8.31. The van der Waals surface area contributed by atoms with Crippen LogP contribution >= 0.6 is 12.4 Å². The number of aromatic nitrogens is 2. The van der Waals surface area contributed by atoms with Gasteiger partial charge in [0.25, 0.3) is 5.91 Å². The molecule has 7 heteroatoms. The number of hydrogen-bond donors (Lipinski definition) is 1. The van der Waals surface area contributed by atoms with Crippen LogP contribution in [0.4, 0.5) is 0 Å². The van der Waals surface area contributed by atoms with Gasteiger partial charge in [0, 0.05) is 30.5 Å². The van der Waals surface area contributed by atoms with E-state index in [0.717, 1.165) is 37.9 Å². The van der Waals surface area contributed by atoms with Crippen LogP contribution in [0.1, 0.15) is 24.8 Å². The summed E-state index contributed by atoms with van der Waals surface area (Å²) >= 11 is 0. The fourth-order valence-electron chi connectivity index (χ4n) is 3.09. The highest BCUT2D eigenvalue weighted by molar-refractivity contribution is 5.85. The molecule has 1 saturated heterocycles. The molecule has 1 aromatic carbocycles. The summed E-state index contributed by atoms with van der Waals surface area (Å²) < 4.78 is 5.67. The number of carbonyl (C=O) groups excluding carboxylic acids is 1. The van der Waals surface area contributed by atoms with Gasteiger partial charge in [-0.15, -0.1) is 12.4 Å². The maximum atomic E-state index is 12.9. The number of nitrogens with one attached hydrogen (secondary N) is 1. The topological polar surface area (TPSA) is 67.3 Å². The van der Waals surface area contributed by atoms with Gasteiger partial charge in [-0.25, -0.2) is 9.97 Å². The average molecular weight is 377 g/mol. The number of carbonyl (C=O) groups is 1. The molecule has 140 valence electrons. The molecule has 1 unspecified atom stereocenters. The molecular formula is C19H25ClN4O2. The van der Waals surface area contributed by atoms with Crippen molar-refractivity contribution >= 4 is 18.3 Å². The molecule has 0 saturated carbocycles. The van der Waals surface area contributed by atoms with Crippen LogP contribution in [0.25, 0.3) is 0 Å². The van der Waals surface area contributed by atoms with Crippen molar-refractivity contribution in [1.29, 1.82) is 0 Å². The molecule has 2 aromatic rings. The van der Waals surface area contributed by atoms with Crippen LogP contribution in [0.15, 0.2) is 49.1 Å². The molecule has 1 N–H and O–H groups in total. The first kappa shape index (κ1) is 20.1. The lowest BCUT2D eigenvalue weighted by molar-refractivity contribution is -0.136. The number of nitrogens with zero attached hydrogens (tertiary/aromatic N) is 3. The van der Waals surface area contributed by atoms with Crippen molar-refractivity contribution in [2.24, 2.45) is 0 Å². The second kappa shape index (κ2) is 10.7. The predicted molar refractivity (Wildman–Crippen MR) is 102 cm³/mol. The Bertz CT molecular complexity index is 649. The molecule has 0 aliphatic carbocycles. The number of ether oxygens (including phenoxy) is 1. The van der Waals surface area contributed by atoms with Crippen LogP contribution in [-0.4, -0.2) is 46.5 Å². The standard InChI is InChI=1S/C19H24N4O2.ClH/c24-19(14-25-18-6-2-1-3-7-18)23(13-16-11-21-15-22-12-16)17-5-4-9-20-10-8-17;/h1-3,6-7,11-12,15,17,20H,4-5,8-10,13-14H2;1H. The van der Waals surface area contributed by atoms with Gasteiger partial charge in [-0.05, 0) is 44.5 Å². The summed E-state index contributed by atoms with van der Waals surface area (Å²) in [6.07, 6.45) is 8.05. The summed E-state index contributed by atoms with van der Waals surface area (Å²) in [7, 11) is 0. The molecule has 1 aromatic heterocycles. The molecule has 1 amide bonds. The number of benzene rings is 1. The Labute approximate surface area is 160 Å². The summed E-state index contributed by atoms with van der Waals surface area (Å²) in [5.41, 5.74) is 0.938. The number of rotatable bonds is 6. The van der Waals surface area contributed by atoms with Crippen LogP contribution < -0.4 is 10.1 Å². The Hall–Kier alpha value is -2.18. The van der Waals surface area contributed by atoms with E-state index in [1.54, 1.807) is 12.4 Å². The Morgan fingerprint density at radius 2 is 1.92 bits per heavy atom. The van der Waals surface area contributed by atoms with Crippen LogP contribution in [-0.2, 0) is 11.3 Å². The first-order chi connectivity index (χ1) is 12.3. The minimum Gasteiger partial charge on any atom is -0.484 e. The van der Waals surface area contributed by atoms with Gasteiger partial charge in [-0.2, -0.15) is 0 Å². The maximum absolute atomic E-state index is 12.9. The predicted octanol–water partition coefficient (Wildman–Crippen LogP) is 2.45. The molecule has 26 heavy (non-hydrogen) atoms. The molecule has 1 aliphatic heterocycles. The SMILES string of the molecule is Cl.O=C(COc1ccccc1)N(Cc1cncnc1)C1CCCNCC1. The number of amides is 1. The molecule has 1 atom stereocenters. The van der Waals surface area contributed by atoms with Gasteiger partial charge >= 0.3 is 0 Å². The largest absolute Gasteiger partial charge is 0.484 e. The fourth-order valence-corrected chi connectivity index (χ4v) is 3.09. The minimum atomic E-state index is -0.000365. The molecule has 1 aliphatic rings. The van der Waals surface area contributed by atoms with Gasteiger partial charge in [0.1, 0.15) is 12.1 Å². The van der Waals surface area contributed by atoms with E-state index in [-0.39, 0.29) is 31.0 Å². The number of halogens is 1. The van der Waals surface area contributed by atoms with Crippen molar-refractivity contribution in [3.63, 3.8) is 0 Å². The second-order valence-electron chi connectivity index (χ2n) is 6.20. The van der Waals surface area contributed by atoms with Crippen molar-refractivity contribution in [2.45, 2.75) is 31.8 Å². The Morgan fingerprint density at radius 1 is 1.15 bits per heavy atom. The van der Waals surface area contributed by atoms with Crippen LogP contribution in [0.5, 0.6) is 5.75 Å². The van der Waals surface area contributed by atoms with Gasteiger partial charge < -0.3 is 15.0 Å². The first-order valence-corrected chi connectivity index (χ1v) is 8.75. The minimum absolute atomic E-state index is 0. The third-order valence-electron chi connectivity index (χ3n) is 4.38. The highest BCUT2D eigenvalue weighted by Gasteiger charge is 2.25. The van der Waals surface area contributed by atoms with Gasteiger partial charge in [-0.3, -0.25) is 4.79 Å². The van der Waals surface area contributed by atoms with Gasteiger partial charge in [-0.1, -0.05) is 18.2 Å². The van der Waals surface area contributed by atoms with Crippen molar-refractivity contribution in [3.8, 4) is 5.75 Å². The first-order valence-electron chi connectivity index (χ1n) is 8.75. The summed E-state index contributed by atoms with van der Waals surface area (Å²) in [4.78, 5) is 22.9. The second-order valence-corrected chi connectivity index (χ2v) is 6.20. The van der Waals surface area contributed by atoms with Crippen molar-refractivity contribution < 1.29 is 9.53 Å². The lowest BCUT2D eigenvalue weighted by atomic mass is 10.1. The Morgan fingerprint density at radius 3 is 2.69 bits per heavy atom. The van der Waals surface area contributed by atoms with Crippen molar-refractivity contribution in [3.05, 3.63) is 54.6 Å². The van der Waals surface area contributed by atoms with Crippen molar-refractivity contribution in [2.75, 3.05) is 19.7 Å². The normalized spacial score (nSPS) is 16.8. The zero-order valence-electron chi connectivity index (χ0n) is 14.7. The third-order valence-corrected chi connectivity index (χ3v) is 4.38. The molecule has 0 spiro atoms. The van der Waals surface area contributed by atoms with E-state index in [1.807, 2.05) is 35.2 Å². The zero-order valence-corrected chi connectivity index (χ0v) is 15.5. The fraction of sp³-hybridized carbons (Fsp3) is 0.421. The zero-order chi connectivity index (χ0) is 17.3. The Balaban J connectivity index is 0.00000243. The summed E-state index contributed by atoms with van der Waals surface area (Å²) in [5.74, 6) is 0.709. The number of hydrogen-bond acceptors (Lipinski definition) is 5. The van der Waals surface area contributed by atoms with E-state index < -0.39 is 0 Å². The number of para-hydroxylation sites is 1. The third kappa shape index (κ3) is 5.97. The monoisotopic (exact) mass is 376 g/mol. The van der Waals surface area contributed by atoms with Crippen LogP contribution in [0, 0.1) is 0 Å². The van der Waals surface area contributed by atoms with E-state index >= 15 is 0 Å². The molecule has 0 radical (unpaired) electrons. The summed E-state index contributed by atoms with van der Waals surface area (Å²) in [6.45, 7) is 2.50. The molecule has 0 bridgehead atoms. The van der Waals surface area contributed by atoms with Crippen LogP contribution in [0.2, 0.25) is 0 Å². The lowest BCUT2D eigenvalue weighted by Crippen LogP contribution is -2.42. The van der Waals surface area contributed by atoms with E-state index in [1.165, 1.54) is 6.33 Å². The van der Waals surface area contributed by atoms with E-state index in [9.17, 15) is 4.79 Å². The highest BCUT2D eigenvalue weighted by Crippen LogP contribution is 2.17. The smallest absolute Gasteiger partial charge is 0.261 e. The van der Waals surface area contributed by atoms with Crippen LogP contribution in [0.3, 0.4) is 0 Å². The van der Waals surface area contributed by atoms with Gasteiger partial charge in [0.15, 0.2) is 6.61 Å². The van der Waals surface area contributed by atoms with Crippen molar-refractivity contribution in [1.82, 2.24) is 20.2 Å². The molecule has 3 rings (SSSR count). The lowest BCUT2D eigenvalue weighted by Gasteiger charge is -2.31. The van der Waals surface area contributed by atoms with E-state index in [2.05, 4.69) is 15.3 Å². The highest BCUT2D eigenvalue weighted by atomic mass is 35.5. The quantitative estimate of drug-likeness (QED) is 0.838. The molecule has 1 fully saturated rings. The maximum Gasteiger partial charge on any atom is 0.261 e. The van der Waals surface area contributed by atoms with E-state index in [0.29, 0.717) is 12.3 Å². The summed E-state index contributed by atoms with van der Waals surface area (Å²) in [6, 6.07) is 9.65.